The zero-order valence-electron chi connectivity index (χ0n) is 16.8. The molecular weight excluding hydrogens is 437 g/mol. The molecule has 1 heterocycles. The smallest absolute Gasteiger partial charge is 0.324 e. The number of amides is 2. The van der Waals surface area contributed by atoms with Crippen LogP contribution >= 0.6 is 11.8 Å². The van der Waals surface area contributed by atoms with Crippen molar-refractivity contribution in [2.45, 2.75) is 22.7 Å². The Kier molecular flexibility index (Phi) is 6.23. The summed E-state index contributed by atoms with van der Waals surface area (Å²) >= 11 is 1.53. The van der Waals surface area contributed by atoms with Gasteiger partial charge in [0, 0.05) is 16.6 Å². The first kappa shape index (κ1) is 22.0. The lowest BCUT2D eigenvalue weighted by atomic mass is 10.1. The number of nitrogens with one attached hydrogen (secondary N) is 1. The number of nitrogens with zero attached hydrogens (tertiary/aromatic N) is 1. The Morgan fingerprint density at radius 3 is 2.38 bits per heavy atom. The van der Waals surface area contributed by atoms with Crippen LogP contribution < -0.4 is 10.2 Å². The van der Waals surface area contributed by atoms with E-state index in [9.17, 15) is 22.8 Å². The number of rotatable bonds is 4. The standard InChI is InChI=1S/C24H19F3N2O2S/c25-24(26,27)17-10-4-5-11-18(17)28-22(30)15-29-19-12-6-7-13-20(19)32-21(14-23(29)31)16-8-2-1-3-9-16/h1-13,21H,14-15H2,(H,28,30)/t21-/m0/s1. The van der Waals surface area contributed by atoms with Crippen molar-refractivity contribution < 1.29 is 22.8 Å². The molecule has 1 aliphatic heterocycles. The van der Waals surface area contributed by atoms with Gasteiger partial charge < -0.3 is 10.2 Å². The molecule has 3 aromatic carbocycles. The highest BCUT2D eigenvalue weighted by atomic mass is 32.2. The summed E-state index contributed by atoms with van der Waals surface area (Å²) in [4.78, 5) is 28.0. The summed E-state index contributed by atoms with van der Waals surface area (Å²) in [6, 6.07) is 21.6. The van der Waals surface area contributed by atoms with Crippen molar-refractivity contribution in [2.75, 3.05) is 16.8 Å². The van der Waals surface area contributed by atoms with Crippen LogP contribution in [0.4, 0.5) is 24.5 Å². The molecule has 0 radical (unpaired) electrons. The summed E-state index contributed by atoms with van der Waals surface area (Å²) < 4.78 is 39.8. The predicted octanol–water partition coefficient (Wildman–Crippen LogP) is 5.91. The molecular formula is C24H19F3N2O2S. The topological polar surface area (TPSA) is 49.4 Å². The van der Waals surface area contributed by atoms with Gasteiger partial charge in [0.2, 0.25) is 11.8 Å². The lowest BCUT2D eigenvalue weighted by Crippen LogP contribution is -2.38. The van der Waals surface area contributed by atoms with Gasteiger partial charge in [-0.3, -0.25) is 9.59 Å². The molecule has 1 atom stereocenters. The lowest BCUT2D eigenvalue weighted by molar-refractivity contribution is -0.137. The van der Waals surface area contributed by atoms with Crippen molar-refractivity contribution in [3.05, 3.63) is 90.0 Å². The fourth-order valence-corrected chi connectivity index (χ4v) is 4.86. The van der Waals surface area contributed by atoms with Crippen LogP contribution in [0, 0.1) is 0 Å². The summed E-state index contributed by atoms with van der Waals surface area (Å²) in [5.41, 5.74) is 0.291. The number of hydrogen-bond acceptors (Lipinski definition) is 3. The number of halogens is 3. The Morgan fingerprint density at radius 2 is 1.62 bits per heavy atom. The van der Waals surface area contributed by atoms with Gasteiger partial charge >= 0.3 is 6.18 Å². The quantitative estimate of drug-likeness (QED) is 0.531. The minimum absolute atomic E-state index is 0.135. The van der Waals surface area contributed by atoms with Crippen LogP contribution in [0.5, 0.6) is 0 Å². The third-order valence-corrected chi connectivity index (χ3v) is 6.39. The summed E-state index contributed by atoms with van der Waals surface area (Å²) in [5, 5.41) is 2.18. The molecule has 0 bridgehead atoms. The first-order valence-corrected chi connectivity index (χ1v) is 10.8. The van der Waals surface area contributed by atoms with Crippen LogP contribution in [-0.2, 0) is 15.8 Å². The minimum atomic E-state index is -4.60. The monoisotopic (exact) mass is 456 g/mol. The summed E-state index contributed by atoms with van der Waals surface area (Å²) in [5.74, 6) is -0.969. The van der Waals surface area contributed by atoms with Gasteiger partial charge in [0.05, 0.1) is 16.9 Å². The van der Waals surface area contributed by atoms with Crippen LogP contribution in [0.2, 0.25) is 0 Å². The van der Waals surface area contributed by atoms with Crippen molar-refractivity contribution in [1.29, 1.82) is 0 Å². The molecule has 0 saturated carbocycles. The summed E-state index contributed by atoms with van der Waals surface area (Å²) in [6.45, 7) is -0.385. The molecule has 164 valence electrons. The van der Waals surface area contributed by atoms with Gasteiger partial charge in [-0.15, -0.1) is 11.8 Å². The molecule has 0 aromatic heterocycles. The molecule has 8 heteroatoms. The Morgan fingerprint density at radius 1 is 0.969 bits per heavy atom. The number of anilines is 2. The Hall–Kier alpha value is -3.26. The van der Waals surface area contributed by atoms with Crippen molar-refractivity contribution in [1.82, 2.24) is 0 Å². The van der Waals surface area contributed by atoms with Crippen molar-refractivity contribution >= 4 is 35.0 Å². The Labute approximate surface area is 187 Å². The lowest BCUT2D eigenvalue weighted by Gasteiger charge is -2.22. The highest BCUT2D eigenvalue weighted by Crippen LogP contribution is 2.45. The molecule has 0 aliphatic carbocycles. The molecule has 0 unspecified atom stereocenters. The first-order valence-electron chi connectivity index (χ1n) is 9.90. The maximum Gasteiger partial charge on any atom is 0.418 e. The number of para-hydroxylation sites is 2. The number of benzene rings is 3. The van der Waals surface area contributed by atoms with E-state index in [1.165, 1.54) is 34.9 Å². The SMILES string of the molecule is O=C(CN1C(=O)C[C@@H](c2ccccc2)Sc2ccccc21)Nc1ccccc1C(F)(F)F. The maximum absolute atomic E-state index is 13.3. The highest BCUT2D eigenvalue weighted by Gasteiger charge is 2.34. The summed E-state index contributed by atoms with van der Waals surface area (Å²) in [7, 11) is 0. The van der Waals surface area contributed by atoms with Gasteiger partial charge in [0.25, 0.3) is 0 Å². The number of hydrogen-bond donors (Lipinski definition) is 1. The molecule has 0 fully saturated rings. The van der Waals surface area contributed by atoms with Gasteiger partial charge in [-0.2, -0.15) is 13.2 Å². The zero-order valence-corrected chi connectivity index (χ0v) is 17.6. The molecule has 4 nitrogen and oxygen atoms in total. The van der Waals surface area contributed by atoms with E-state index in [4.69, 9.17) is 0 Å². The summed E-state index contributed by atoms with van der Waals surface area (Å²) in [6.07, 6.45) is -4.44. The van der Waals surface area contributed by atoms with Gasteiger partial charge in [-0.1, -0.05) is 54.6 Å². The zero-order chi connectivity index (χ0) is 22.7. The average Bonchev–Trinajstić information content (AvgIpc) is 2.91. The Bertz CT molecular complexity index is 1140. The number of carbonyl (C=O) groups is 2. The maximum atomic E-state index is 13.3. The highest BCUT2D eigenvalue weighted by molar-refractivity contribution is 7.99. The van der Waals surface area contributed by atoms with Crippen LogP contribution in [0.25, 0.3) is 0 Å². The van der Waals surface area contributed by atoms with E-state index in [1.807, 2.05) is 42.5 Å². The van der Waals surface area contributed by atoms with E-state index in [1.54, 1.807) is 12.1 Å². The van der Waals surface area contributed by atoms with E-state index < -0.39 is 17.6 Å². The normalized spacial score (nSPS) is 16.3. The van der Waals surface area contributed by atoms with Gasteiger partial charge in [-0.05, 0) is 29.8 Å². The average molecular weight is 456 g/mol. The molecule has 3 aromatic rings. The van der Waals surface area contributed by atoms with E-state index >= 15 is 0 Å². The van der Waals surface area contributed by atoms with E-state index in [2.05, 4.69) is 5.32 Å². The van der Waals surface area contributed by atoms with E-state index in [-0.39, 0.29) is 29.8 Å². The first-order chi connectivity index (χ1) is 15.3. The largest absolute Gasteiger partial charge is 0.418 e. The minimum Gasteiger partial charge on any atom is -0.324 e. The second kappa shape index (κ2) is 9.08. The van der Waals surface area contributed by atoms with E-state index in [0.717, 1.165) is 16.5 Å². The predicted molar refractivity (Wildman–Crippen MR) is 119 cm³/mol. The van der Waals surface area contributed by atoms with Gasteiger partial charge in [0.15, 0.2) is 0 Å². The van der Waals surface area contributed by atoms with Crippen molar-refractivity contribution in [3.63, 3.8) is 0 Å². The molecule has 32 heavy (non-hydrogen) atoms. The molecule has 1 N–H and O–H groups in total. The van der Waals surface area contributed by atoms with E-state index in [0.29, 0.717) is 5.69 Å². The molecule has 2 amide bonds. The fourth-order valence-electron chi connectivity index (χ4n) is 3.58. The molecule has 0 spiro atoms. The number of carbonyl (C=O) groups excluding carboxylic acids is 2. The van der Waals surface area contributed by atoms with Gasteiger partial charge in [0.1, 0.15) is 6.54 Å². The van der Waals surface area contributed by atoms with Crippen molar-refractivity contribution in [3.8, 4) is 0 Å². The second-order valence-electron chi connectivity index (χ2n) is 7.26. The van der Waals surface area contributed by atoms with Crippen molar-refractivity contribution in [2.24, 2.45) is 0 Å². The van der Waals surface area contributed by atoms with Crippen LogP contribution in [0.15, 0.2) is 83.8 Å². The molecule has 1 aliphatic rings. The Balaban J connectivity index is 1.59. The number of thioether (sulfide) groups is 1. The van der Waals surface area contributed by atoms with Crippen LogP contribution in [0.1, 0.15) is 22.8 Å². The second-order valence-corrected chi connectivity index (χ2v) is 8.50. The fraction of sp³-hybridized carbons (Fsp3) is 0.167. The molecule has 4 rings (SSSR count). The third kappa shape index (κ3) is 4.80. The van der Waals surface area contributed by atoms with Crippen LogP contribution in [0.3, 0.4) is 0 Å². The third-order valence-electron chi connectivity index (χ3n) is 5.07. The van der Waals surface area contributed by atoms with Gasteiger partial charge in [-0.25, -0.2) is 0 Å². The van der Waals surface area contributed by atoms with Crippen LogP contribution in [-0.4, -0.2) is 18.4 Å². The molecule has 0 saturated heterocycles. The number of fused-ring (bicyclic) bond motifs is 1. The number of alkyl halides is 3.